The first-order valence-corrected chi connectivity index (χ1v) is 6.76. The molecule has 0 aromatic carbocycles. The maximum atomic E-state index is 11.7. The minimum Gasteiger partial charge on any atom is -0.325 e. The van der Waals surface area contributed by atoms with Gasteiger partial charge in [-0.1, -0.05) is 18.0 Å². The predicted octanol–water partition coefficient (Wildman–Crippen LogP) is 2.60. The lowest BCUT2D eigenvalue weighted by atomic mass is 10.0. The Kier molecular flexibility index (Phi) is 4.96. The van der Waals surface area contributed by atoms with Crippen molar-refractivity contribution in [3.05, 3.63) is 23.5 Å². The van der Waals surface area contributed by atoms with E-state index in [-0.39, 0.29) is 5.91 Å². The van der Waals surface area contributed by atoms with Gasteiger partial charge in [-0.3, -0.25) is 4.79 Å². The van der Waals surface area contributed by atoms with Gasteiger partial charge in [0.1, 0.15) is 5.15 Å². The summed E-state index contributed by atoms with van der Waals surface area (Å²) >= 11 is 5.68. The van der Waals surface area contributed by atoms with Gasteiger partial charge in [-0.2, -0.15) is 0 Å². The van der Waals surface area contributed by atoms with Crippen LogP contribution < -0.4 is 10.6 Å². The van der Waals surface area contributed by atoms with E-state index in [2.05, 4.69) is 15.6 Å². The number of hydrogen-bond donors (Lipinski definition) is 2. The van der Waals surface area contributed by atoms with Crippen LogP contribution in [0.1, 0.15) is 32.1 Å². The van der Waals surface area contributed by atoms with E-state index in [0.717, 1.165) is 13.0 Å². The highest BCUT2D eigenvalue weighted by Crippen LogP contribution is 2.13. The summed E-state index contributed by atoms with van der Waals surface area (Å²) in [5, 5.41) is 6.69. The Labute approximate surface area is 112 Å². The van der Waals surface area contributed by atoms with Crippen molar-refractivity contribution in [2.45, 2.75) is 38.1 Å². The normalized spacial score (nSPS) is 19.5. The first-order valence-electron chi connectivity index (χ1n) is 6.39. The first kappa shape index (κ1) is 13.3. The van der Waals surface area contributed by atoms with Crippen LogP contribution in [0, 0.1) is 0 Å². The van der Waals surface area contributed by atoms with Gasteiger partial charge in [-0.25, -0.2) is 4.98 Å². The number of piperidine rings is 1. The molecule has 2 N–H and O–H groups in total. The van der Waals surface area contributed by atoms with Crippen LogP contribution in [0.5, 0.6) is 0 Å². The van der Waals surface area contributed by atoms with E-state index in [1.807, 2.05) is 0 Å². The molecule has 0 spiro atoms. The lowest BCUT2D eigenvalue weighted by molar-refractivity contribution is -0.116. The van der Waals surface area contributed by atoms with Crippen LogP contribution in [0.25, 0.3) is 0 Å². The van der Waals surface area contributed by atoms with Crippen molar-refractivity contribution < 1.29 is 4.79 Å². The molecule has 1 atom stereocenters. The SMILES string of the molecule is O=C(CCC1CCCCN1)Nc1ccc(Cl)nc1. The zero-order valence-electron chi connectivity index (χ0n) is 10.3. The molecular formula is C13H18ClN3O. The molecule has 0 bridgehead atoms. The minimum absolute atomic E-state index is 0.0338. The number of nitrogens with one attached hydrogen (secondary N) is 2. The molecule has 1 fully saturated rings. The summed E-state index contributed by atoms with van der Waals surface area (Å²) in [5.74, 6) is 0.0338. The van der Waals surface area contributed by atoms with Gasteiger partial charge in [0.05, 0.1) is 11.9 Å². The molecular weight excluding hydrogens is 250 g/mol. The Balaban J connectivity index is 1.73. The van der Waals surface area contributed by atoms with Crippen LogP contribution in [-0.4, -0.2) is 23.5 Å². The summed E-state index contributed by atoms with van der Waals surface area (Å²) in [6.45, 7) is 1.08. The third-order valence-corrected chi connectivity index (χ3v) is 3.37. The van der Waals surface area contributed by atoms with Crippen molar-refractivity contribution in [3.63, 3.8) is 0 Å². The zero-order chi connectivity index (χ0) is 12.8. The van der Waals surface area contributed by atoms with Crippen LogP contribution in [-0.2, 0) is 4.79 Å². The second kappa shape index (κ2) is 6.71. The lowest BCUT2D eigenvalue weighted by Crippen LogP contribution is -2.34. The number of amides is 1. The Hall–Kier alpha value is -1.13. The molecule has 2 heterocycles. The fraction of sp³-hybridized carbons (Fsp3) is 0.538. The monoisotopic (exact) mass is 267 g/mol. The molecule has 4 nitrogen and oxygen atoms in total. The van der Waals surface area contributed by atoms with Gasteiger partial charge in [-0.05, 0) is 37.9 Å². The highest BCUT2D eigenvalue weighted by atomic mass is 35.5. The average Bonchev–Trinajstić information content (AvgIpc) is 2.40. The number of nitrogens with zero attached hydrogens (tertiary/aromatic N) is 1. The van der Waals surface area contributed by atoms with Crippen molar-refractivity contribution in [2.24, 2.45) is 0 Å². The molecule has 1 saturated heterocycles. The third kappa shape index (κ3) is 4.27. The number of aromatic nitrogens is 1. The highest BCUT2D eigenvalue weighted by molar-refractivity contribution is 6.29. The third-order valence-electron chi connectivity index (χ3n) is 3.14. The second-order valence-corrected chi connectivity index (χ2v) is 4.99. The number of carbonyl (C=O) groups is 1. The van der Waals surface area contributed by atoms with Gasteiger partial charge < -0.3 is 10.6 Å². The quantitative estimate of drug-likeness (QED) is 0.825. The second-order valence-electron chi connectivity index (χ2n) is 4.60. The van der Waals surface area contributed by atoms with Gasteiger partial charge in [0.25, 0.3) is 0 Å². The molecule has 0 saturated carbocycles. The standard InChI is InChI=1S/C13H18ClN3O/c14-12-6-4-11(9-16-12)17-13(18)7-5-10-3-1-2-8-15-10/h4,6,9-10,15H,1-3,5,7-8H2,(H,17,18). The van der Waals surface area contributed by atoms with E-state index >= 15 is 0 Å². The van der Waals surface area contributed by atoms with Gasteiger partial charge in [0.15, 0.2) is 0 Å². The van der Waals surface area contributed by atoms with E-state index in [9.17, 15) is 4.79 Å². The average molecular weight is 268 g/mol. The maximum Gasteiger partial charge on any atom is 0.224 e. The smallest absolute Gasteiger partial charge is 0.224 e. The van der Waals surface area contributed by atoms with Crippen LogP contribution in [0.4, 0.5) is 5.69 Å². The van der Waals surface area contributed by atoms with Gasteiger partial charge in [0, 0.05) is 12.5 Å². The van der Waals surface area contributed by atoms with Gasteiger partial charge >= 0.3 is 0 Å². The highest BCUT2D eigenvalue weighted by Gasteiger charge is 2.13. The summed E-state index contributed by atoms with van der Waals surface area (Å²) in [7, 11) is 0. The number of pyridine rings is 1. The molecule has 18 heavy (non-hydrogen) atoms. The molecule has 0 aliphatic carbocycles. The Morgan fingerprint density at radius 3 is 3.06 bits per heavy atom. The Bertz CT molecular complexity index is 388. The molecule has 1 aliphatic heterocycles. The molecule has 5 heteroatoms. The number of rotatable bonds is 4. The number of halogens is 1. The maximum absolute atomic E-state index is 11.7. The number of hydrogen-bond acceptors (Lipinski definition) is 3. The summed E-state index contributed by atoms with van der Waals surface area (Å²) in [4.78, 5) is 15.7. The van der Waals surface area contributed by atoms with Crippen LogP contribution in [0.3, 0.4) is 0 Å². The molecule has 1 aromatic rings. The number of anilines is 1. The lowest BCUT2D eigenvalue weighted by Gasteiger charge is -2.23. The largest absolute Gasteiger partial charge is 0.325 e. The Morgan fingerprint density at radius 1 is 1.50 bits per heavy atom. The van der Waals surface area contributed by atoms with E-state index in [4.69, 9.17) is 11.6 Å². The van der Waals surface area contributed by atoms with E-state index in [1.54, 1.807) is 18.3 Å². The van der Waals surface area contributed by atoms with Crippen LogP contribution in [0.15, 0.2) is 18.3 Å². The van der Waals surface area contributed by atoms with Crippen molar-refractivity contribution in [1.29, 1.82) is 0 Å². The summed E-state index contributed by atoms with van der Waals surface area (Å²) < 4.78 is 0. The fourth-order valence-corrected chi connectivity index (χ4v) is 2.26. The van der Waals surface area contributed by atoms with Crippen molar-refractivity contribution >= 4 is 23.2 Å². The van der Waals surface area contributed by atoms with Gasteiger partial charge in [0.2, 0.25) is 5.91 Å². The zero-order valence-corrected chi connectivity index (χ0v) is 11.0. The minimum atomic E-state index is 0.0338. The molecule has 0 radical (unpaired) electrons. The van der Waals surface area contributed by atoms with E-state index in [1.165, 1.54) is 19.3 Å². The molecule has 1 aliphatic rings. The van der Waals surface area contributed by atoms with Gasteiger partial charge in [-0.15, -0.1) is 0 Å². The van der Waals surface area contributed by atoms with Crippen LogP contribution in [0.2, 0.25) is 5.15 Å². The van der Waals surface area contributed by atoms with E-state index in [0.29, 0.717) is 23.3 Å². The summed E-state index contributed by atoms with van der Waals surface area (Å²) in [5.41, 5.74) is 0.695. The summed E-state index contributed by atoms with van der Waals surface area (Å²) in [6, 6.07) is 3.92. The van der Waals surface area contributed by atoms with E-state index < -0.39 is 0 Å². The van der Waals surface area contributed by atoms with Crippen molar-refractivity contribution in [2.75, 3.05) is 11.9 Å². The molecule has 1 amide bonds. The first-order chi connectivity index (χ1) is 8.74. The van der Waals surface area contributed by atoms with Crippen molar-refractivity contribution in [1.82, 2.24) is 10.3 Å². The molecule has 1 unspecified atom stereocenters. The van der Waals surface area contributed by atoms with Crippen LogP contribution >= 0.6 is 11.6 Å². The molecule has 1 aromatic heterocycles. The Morgan fingerprint density at radius 2 is 2.39 bits per heavy atom. The van der Waals surface area contributed by atoms with Crippen molar-refractivity contribution in [3.8, 4) is 0 Å². The predicted molar refractivity (Wildman–Crippen MR) is 72.8 cm³/mol. The molecule has 2 rings (SSSR count). The fourth-order valence-electron chi connectivity index (χ4n) is 2.15. The topological polar surface area (TPSA) is 54.0 Å². The molecule has 98 valence electrons. The number of carbonyl (C=O) groups excluding carboxylic acids is 1. The summed E-state index contributed by atoms with van der Waals surface area (Å²) in [6.07, 6.45) is 6.70.